The predicted octanol–water partition coefficient (Wildman–Crippen LogP) is 2.07. The minimum atomic E-state index is 0.0262. The van der Waals surface area contributed by atoms with Gasteiger partial charge in [0, 0.05) is 30.6 Å². The zero-order valence-electron chi connectivity index (χ0n) is 9.85. The Kier molecular flexibility index (Phi) is 3.34. The summed E-state index contributed by atoms with van der Waals surface area (Å²) in [5.41, 5.74) is 0.860. The molecule has 1 heterocycles. The fourth-order valence-electron chi connectivity index (χ4n) is 1.98. The van der Waals surface area contributed by atoms with Crippen LogP contribution in [0.1, 0.15) is 13.3 Å². The lowest BCUT2D eigenvalue weighted by molar-refractivity contribution is -0.117. The van der Waals surface area contributed by atoms with Crippen LogP contribution in [0, 0.1) is 18.3 Å². The zero-order chi connectivity index (χ0) is 12.3. The number of carbonyl (C=O) groups excluding carboxylic acids is 1. The molecule has 1 unspecified atom stereocenters. The van der Waals surface area contributed by atoms with E-state index in [2.05, 4.69) is 5.92 Å². The molecule has 1 aliphatic rings. The van der Waals surface area contributed by atoms with E-state index >= 15 is 0 Å². The molecule has 0 bridgehead atoms. The van der Waals surface area contributed by atoms with Crippen LogP contribution in [0.2, 0.25) is 0 Å². The van der Waals surface area contributed by atoms with Gasteiger partial charge in [-0.3, -0.25) is 4.79 Å². The third kappa shape index (κ3) is 2.42. The van der Waals surface area contributed by atoms with Crippen molar-refractivity contribution in [2.75, 3.05) is 18.1 Å². The van der Waals surface area contributed by atoms with E-state index in [9.17, 15) is 4.79 Å². The molecule has 0 aliphatic carbocycles. The zero-order valence-corrected chi connectivity index (χ0v) is 9.85. The van der Waals surface area contributed by atoms with Gasteiger partial charge in [0.05, 0.1) is 6.61 Å². The summed E-state index contributed by atoms with van der Waals surface area (Å²) in [6, 6.07) is 7.54. The Balaban J connectivity index is 2.20. The van der Waals surface area contributed by atoms with Gasteiger partial charge in [-0.1, -0.05) is 6.07 Å². The molecule has 88 valence electrons. The van der Waals surface area contributed by atoms with Crippen molar-refractivity contribution in [3.8, 4) is 18.1 Å². The first-order valence-electron chi connectivity index (χ1n) is 5.74. The van der Waals surface area contributed by atoms with Crippen molar-refractivity contribution >= 4 is 11.6 Å². The molecule has 0 radical (unpaired) electrons. The summed E-state index contributed by atoms with van der Waals surface area (Å²) in [6.45, 7) is 3.15. The number of carbonyl (C=O) groups is 1. The molecule has 1 atom stereocenters. The van der Waals surface area contributed by atoms with Crippen molar-refractivity contribution < 1.29 is 9.53 Å². The maximum Gasteiger partial charge on any atom is 0.228 e. The highest BCUT2D eigenvalue weighted by Crippen LogP contribution is 2.27. The summed E-state index contributed by atoms with van der Waals surface area (Å²) in [5.74, 6) is 3.53. The highest BCUT2D eigenvalue weighted by molar-refractivity contribution is 5.96. The largest absolute Gasteiger partial charge is 0.494 e. The summed E-state index contributed by atoms with van der Waals surface area (Å²) in [7, 11) is 0. The van der Waals surface area contributed by atoms with Crippen molar-refractivity contribution in [3.05, 3.63) is 24.3 Å². The van der Waals surface area contributed by atoms with E-state index in [4.69, 9.17) is 11.2 Å². The van der Waals surface area contributed by atoms with Gasteiger partial charge in [-0.05, 0) is 19.1 Å². The van der Waals surface area contributed by atoms with Crippen molar-refractivity contribution in [1.82, 2.24) is 0 Å². The maximum absolute atomic E-state index is 11.8. The van der Waals surface area contributed by atoms with Gasteiger partial charge in [-0.15, -0.1) is 12.3 Å². The van der Waals surface area contributed by atoms with E-state index in [1.807, 2.05) is 31.2 Å². The van der Waals surface area contributed by atoms with Crippen LogP contribution in [0.15, 0.2) is 24.3 Å². The Morgan fingerprint density at radius 2 is 2.41 bits per heavy atom. The van der Waals surface area contributed by atoms with Crippen LogP contribution in [-0.2, 0) is 4.79 Å². The number of hydrogen-bond donors (Lipinski definition) is 0. The molecule has 0 saturated carbocycles. The normalized spacial score (nSPS) is 19.2. The molecule has 17 heavy (non-hydrogen) atoms. The summed E-state index contributed by atoms with van der Waals surface area (Å²) in [4.78, 5) is 13.5. The maximum atomic E-state index is 11.8. The topological polar surface area (TPSA) is 29.5 Å². The molecule has 2 rings (SSSR count). The Bertz CT molecular complexity index is 462. The van der Waals surface area contributed by atoms with Crippen molar-refractivity contribution in [3.63, 3.8) is 0 Å². The number of hydrogen-bond acceptors (Lipinski definition) is 2. The number of ether oxygens (including phenoxy) is 1. The Labute approximate surface area is 101 Å². The SMILES string of the molecule is C#CC1CC(=O)N(c2cccc(OCC)c2)C1. The predicted molar refractivity (Wildman–Crippen MR) is 66.9 cm³/mol. The fourth-order valence-corrected chi connectivity index (χ4v) is 1.98. The van der Waals surface area contributed by atoms with Crippen LogP contribution in [-0.4, -0.2) is 19.1 Å². The second kappa shape index (κ2) is 4.92. The number of benzene rings is 1. The average Bonchev–Trinajstić information content (AvgIpc) is 2.71. The minimum Gasteiger partial charge on any atom is -0.494 e. The van der Waals surface area contributed by atoms with Crippen LogP contribution < -0.4 is 9.64 Å². The molecule has 1 fully saturated rings. The molecular weight excluding hydrogens is 214 g/mol. The number of amides is 1. The van der Waals surface area contributed by atoms with Gasteiger partial charge in [0.15, 0.2) is 0 Å². The molecule has 3 nitrogen and oxygen atoms in total. The smallest absolute Gasteiger partial charge is 0.228 e. The lowest BCUT2D eigenvalue weighted by Gasteiger charge is -2.16. The van der Waals surface area contributed by atoms with Crippen LogP contribution >= 0.6 is 0 Å². The molecule has 1 saturated heterocycles. The van der Waals surface area contributed by atoms with Gasteiger partial charge in [0.25, 0.3) is 0 Å². The molecule has 1 amide bonds. The lowest BCUT2D eigenvalue weighted by Crippen LogP contribution is -2.24. The van der Waals surface area contributed by atoms with Gasteiger partial charge in [0.2, 0.25) is 5.91 Å². The number of anilines is 1. The first-order valence-corrected chi connectivity index (χ1v) is 5.74. The number of nitrogens with zero attached hydrogens (tertiary/aromatic N) is 1. The summed E-state index contributed by atoms with van der Waals surface area (Å²) >= 11 is 0. The van der Waals surface area contributed by atoms with E-state index in [0.717, 1.165) is 11.4 Å². The molecule has 1 aromatic rings. The summed E-state index contributed by atoms with van der Waals surface area (Å²) < 4.78 is 5.42. The van der Waals surface area contributed by atoms with E-state index in [1.54, 1.807) is 4.90 Å². The Morgan fingerprint density at radius 3 is 3.06 bits per heavy atom. The van der Waals surface area contributed by atoms with Crippen LogP contribution in [0.25, 0.3) is 0 Å². The van der Waals surface area contributed by atoms with E-state index in [1.165, 1.54) is 0 Å². The first kappa shape index (κ1) is 11.5. The fraction of sp³-hybridized carbons (Fsp3) is 0.357. The van der Waals surface area contributed by atoms with E-state index < -0.39 is 0 Å². The second-order valence-electron chi connectivity index (χ2n) is 4.00. The molecule has 0 aromatic heterocycles. The lowest BCUT2D eigenvalue weighted by atomic mass is 10.1. The van der Waals surface area contributed by atoms with Gasteiger partial charge in [0.1, 0.15) is 5.75 Å². The van der Waals surface area contributed by atoms with Gasteiger partial charge in [-0.2, -0.15) is 0 Å². The Morgan fingerprint density at radius 1 is 1.59 bits per heavy atom. The monoisotopic (exact) mass is 229 g/mol. The molecule has 3 heteroatoms. The molecule has 0 spiro atoms. The van der Waals surface area contributed by atoms with E-state index in [0.29, 0.717) is 19.6 Å². The highest BCUT2D eigenvalue weighted by Gasteiger charge is 2.29. The van der Waals surface area contributed by atoms with Crippen molar-refractivity contribution in [1.29, 1.82) is 0 Å². The minimum absolute atomic E-state index is 0.0262. The van der Waals surface area contributed by atoms with Crippen molar-refractivity contribution in [2.45, 2.75) is 13.3 Å². The average molecular weight is 229 g/mol. The number of terminal acetylenes is 1. The Hall–Kier alpha value is -1.95. The molecule has 1 aromatic carbocycles. The summed E-state index contributed by atoms with van der Waals surface area (Å²) in [6.07, 6.45) is 5.80. The molecule has 0 N–H and O–H groups in total. The summed E-state index contributed by atoms with van der Waals surface area (Å²) in [5, 5.41) is 0. The van der Waals surface area contributed by atoms with Crippen LogP contribution in [0.5, 0.6) is 5.75 Å². The number of rotatable bonds is 3. The van der Waals surface area contributed by atoms with Crippen molar-refractivity contribution in [2.24, 2.45) is 5.92 Å². The van der Waals surface area contributed by atoms with Crippen LogP contribution in [0.3, 0.4) is 0 Å². The molecule has 1 aliphatic heterocycles. The second-order valence-corrected chi connectivity index (χ2v) is 4.00. The van der Waals surface area contributed by atoms with Gasteiger partial charge in [-0.25, -0.2) is 0 Å². The highest BCUT2D eigenvalue weighted by atomic mass is 16.5. The quantitative estimate of drug-likeness (QED) is 0.743. The van der Waals surface area contributed by atoms with Crippen LogP contribution in [0.4, 0.5) is 5.69 Å². The first-order chi connectivity index (χ1) is 8.24. The van der Waals surface area contributed by atoms with Gasteiger partial charge < -0.3 is 9.64 Å². The van der Waals surface area contributed by atoms with E-state index in [-0.39, 0.29) is 11.8 Å². The third-order valence-corrected chi connectivity index (χ3v) is 2.80. The standard InChI is InChI=1S/C14H15NO2/c1-3-11-8-14(16)15(10-11)12-6-5-7-13(9-12)17-4-2/h1,5-7,9,11H,4,8,10H2,2H3. The molecular formula is C14H15NO2. The third-order valence-electron chi connectivity index (χ3n) is 2.80. The van der Waals surface area contributed by atoms with Gasteiger partial charge >= 0.3 is 0 Å².